The fourth-order valence-corrected chi connectivity index (χ4v) is 4.66. The molecule has 0 radical (unpaired) electrons. The van der Waals surface area contributed by atoms with E-state index in [4.69, 9.17) is 0 Å². The summed E-state index contributed by atoms with van der Waals surface area (Å²) in [5.41, 5.74) is 1.82. The molecular formula is C22H28FN3O3. The highest BCUT2D eigenvalue weighted by atomic mass is 19.1. The molecule has 1 aliphatic heterocycles. The van der Waals surface area contributed by atoms with E-state index in [1.807, 2.05) is 6.92 Å². The van der Waals surface area contributed by atoms with E-state index in [9.17, 15) is 14.7 Å². The molecule has 0 amide bonds. The lowest BCUT2D eigenvalue weighted by Gasteiger charge is -2.39. The number of nitrogens with zero attached hydrogens (tertiary/aromatic N) is 3. The summed E-state index contributed by atoms with van der Waals surface area (Å²) in [6, 6.07) is 1.87. The zero-order chi connectivity index (χ0) is 20.9. The van der Waals surface area contributed by atoms with E-state index in [2.05, 4.69) is 23.8 Å². The number of carboxylic acid groups (broad SMARTS) is 1. The molecule has 2 aromatic rings. The molecule has 1 atom stereocenters. The summed E-state index contributed by atoms with van der Waals surface area (Å²) in [5.74, 6) is -1.50. The van der Waals surface area contributed by atoms with Gasteiger partial charge in [0, 0.05) is 19.1 Å². The van der Waals surface area contributed by atoms with Crippen molar-refractivity contribution in [2.24, 2.45) is 0 Å². The monoisotopic (exact) mass is 401 g/mol. The Morgan fingerprint density at radius 1 is 1.34 bits per heavy atom. The Kier molecular flexibility index (Phi) is 5.11. The third kappa shape index (κ3) is 3.41. The number of rotatable bonds is 5. The van der Waals surface area contributed by atoms with Gasteiger partial charge < -0.3 is 14.9 Å². The minimum atomic E-state index is -1.27. The van der Waals surface area contributed by atoms with E-state index < -0.39 is 17.3 Å². The Balaban J connectivity index is 1.89. The zero-order valence-corrected chi connectivity index (χ0v) is 17.2. The summed E-state index contributed by atoms with van der Waals surface area (Å²) < 4.78 is 16.5. The molecule has 0 aromatic carbocycles. The predicted octanol–water partition coefficient (Wildman–Crippen LogP) is 3.24. The first-order valence-electron chi connectivity index (χ1n) is 10.4. The topological polar surface area (TPSA) is 65.3 Å². The average Bonchev–Trinajstić information content (AvgIpc) is 3.53. The van der Waals surface area contributed by atoms with Crippen molar-refractivity contribution in [3.63, 3.8) is 0 Å². The summed E-state index contributed by atoms with van der Waals surface area (Å²) in [6.45, 7) is 6.44. The molecule has 0 unspecified atom stereocenters. The fraction of sp³-hybridized carbons (Fsp3) is 0.545. The van der Waals surface area contributed by atoms with E-state index >= 15 is 4.39 Å². The second-order valence-electron chi connectivity index (χ2n) is 8.38. The highest BCUT2D eigenvalue weighted by Crippen LogP contribution is 2.44. The van der Waals surface area contributed by atoms with Crippen molar-refractivity contribution < 1.29 is 14.3 Å². The van der Waals surface area contributed by atoms with Crippen molar-refractivity contribution in [2.75, 3.05) is 31.6 Å². The number of aromatic carboxylic acids is 1. The normalized spacial score (nSPS) is 19.9. The van der Waals surface area contributed by atoms with Gasteiger partial charge in [0.2, 0.25) is 0 Å². The quantitative estimate of drug-likeness (QED) is 0.833. The molecule has 1 aliphatic carbocycles. The Hall–Kier alpha value is -2.41. The van der Waals surface area contributed by atoms with Gasteiger partial charge in [0.05, 0.1) is 17.4 Å². The molecule has 2 fully saturated rings. The van der Waals surface area contributed by atoms with Crippen molar-refractivity contribution in [2.45, 2.75) is 51.5 Å². The maximum absolute atomic E-state index is 15.3. The van der Waals surface area contributed by atoms with Crippen LogP contribution in [0.1, 0.15) is 60.0 Å². The van der Waals surface area contributed by atoms with Crippen LogP contribution in [0.3, 0.4) is 0 Å². The first-order chi connectivity index (χ1) is 13.8. The average molecular weight is 401 g/mol. The lowest BCUT2D eigenvalue weighted by atomic mass is 9.99. The Labute approximate surface area is 169 Å². The second-order valence-corrected chi connectivity index (χ2v) is 8.38. The van der Waals surface area contributed by atoms with Gasteiger partial charge >= 0.3 is 5.97 Å². The van der Waals surface area contributed by atoms with Crippen LogP contribution in [0.4, 0.5) is 10.1 Å². The highest BCUT2D eigenvalue weighted by molar-refractivity contribution is 5.89. The van der Waals surface area contributed by atoms with Crippen molar-refractivity contribution in [3.05, 3.63) is 45.1 Å². The molecule has 0 spiro atoms. The van der Waals surface area contributed by atoms with Gasteiger partial charge in [-0.15, -0.1) is 0 Å². The number of carbonyl (C=O) groups is 1. The molecule has 2 aliphatic rings. The summed E-state index contributed by atoms with van der Waals surface area (Å²) in [4.78, 5) is 28.7. The van der Waals surface area contributed by atoms with Crippen molar-refractivity contribution in [1.29, 1.82) is 0 Å². The van der Waals surface area contributed by atoms with Crippen molar-refractivity contribution in [3.8, 4) is 0 Å². The van der Waals surface area contributed by atoms with Gasteiger partial charge in [0.25, 0.3) is 5.56 Å². The minimum absolute atomic E-state index is 0.237. The largest absolute Gasteiger partial charge is 0.477 e. The summed E-state index contributed by atoms with van der Waals surface area (Å²) in [5, 5.41) is 9.43. The maximum atomic E-state index is 15.3. The minimum Gasteiger partial charge on any atom is -0.477 e. The Morgan fingerprint density at radius 2 is 2.07 bits per heavy atom. The van der Waals surface area contributed by atoms with Crippen LogP contribution in [-0.4, -0.2) is 53.1 Å². The molecule has 2 aromatic heterocycles. The van der Waals surface area contributed by atoms with Crippen LogP contribution in [0.15, 0.2) is 17.1 Å². The van der Waals surface area contributed by atoms with Crippen LogP contribution < -0.4 is 10.5 Å². The van der Waals surface area contributed by atoms with Crippen molar-refractivity contribution >= 4 is 17.2 Å². The molecule has 4 rings (SSSR count). The third-order valence-corrected chi connectivity index (χ3v) is 6.52. The first kappa shape index (κ1) is 19.9. The molecule has 1 saturated heterocycles. The molecule has 29 heavy (non-hydrogen) atoms. The molecule has 156 valence electrons. The van der Waals surface area contributed by atoms with Gasteiger partial charge in [-0.2, -0.15) is 0 Å². The molecule has 7 heteroatoms. The number of fused-ring (bicyclic) bond motifs is 1. The highest BCUT2D eigenvalue weighted by Gasteiger charge is 2.32. The van der Waals surface area contributed by atoms with Gasteiger partial charge in [-0.1, -0.05) is 6.92 Å². The van der Waals surface area contributed by atoms with E-state index in [1.165, 1.54) is 16.7 Å². The number of hydrogen-bond donors (Lipinski definition) is 1. The van der Waals surface area contributed by atoms with Crippen LogP contribution >= 0.6 is 0 Å². The van der Waals surface area contributed by atoms with Gasteiger partial charge in [-0.3, -0.25) is 9.20 Å². The third-order valence-electron chi connectivity index (χ3n) is 6.52. The van der Waals surface area contributed by atoms with E-state index in [0.717, 1.165) is 56.4 Å². The standard InChI is InChI=1S/C22H28FN3O3/c1-4-24(3)15-6-5-9-25(11-15)20-13(2)19-16(14-7-8-14)10-17(22(28)29)21(27)26(19)12-18(20)23/h10,12,14-15H,4-9,11H2,1-3H3,(H,28,29)/t15-/m0/s1. The van der Waals surface area contributed by atoms with E-state index in [1.54, 1.807) is 0 Å². The maximum Gasteiger partial charge on any atom is 0.341 e. The second kappa shape index (κ2) is 7.44. The van der Waals surface area contributed by atoms with E-state index in [-0.39, 0.29) is 11.5 Å². The van der Waals surface area contributed by atoms with Crippen LogP contribution in [0.5, 0.6) is 0 Å². The van der Waals surface area contributed by atoms with Crippen LogP contribution in [-0.2, 0) is 0 Å². The number of anilines is 1. The number of likely N-dealkylation sites (N-methyl/N-ethyl adjacent to an activating group) is 1. The lowest BCUT2D eigenvalue weighted by molar-refractivity contribution is 0.0694. The zero-order valence-electron chi connectivity index (χ0n) is 17.2. The number of aromatic nitrogens is 1. The van der Waals surface area contributed by atoms with Crippen molar-refractivity contribution in [1.82, 2.24) is 9.30 Å². The molecule has 6 nitrogen and oxygen atoms in total. The van der Waals surface area contributed by atoms with Gasteiger partial charge in [0.1, 0.15) is 5.56 Å². The van der Waals surface area contributed by atoms with Crippen LogP contribution in [0, 0.1) is 12.7 Å². The van der Waals surface area contributed by atoms with Crippen LogP contribution in [0.2, 0.25) is 0 Å². The van der Waals surface area contributed by atoms with Gasteiger partial charge in [-0.25, -0.2) is 9.18 Å². The smallest absolute Gasteiger partial charge is 0.341 e. The number of carboxylic acids is 1. The van der Waals surface area contributed by atoms with E-state index in [0.29, 0.717) is 17.2 Å². The fourth-order valence-electron chi connectivity index (χ4n) is 4.66. The molecule has 1 saturated carbocycles. The molecule has 1 N–H and O–H groups in total. The molecule has 3 heterocycles. The number of hydrogen-bond acceptors (Lipinski definition) is 4. The SMILES string of the molecule is CCN(C)[C@H]1CCCN(c2c(F)cn3c(=O)c(C(=O)O)cc(C4CC4)c3c2C)C1. The van der Waals surface area contributed by atoms with Gasteiger partial charge in [-0.05, 0) is 69.3 Å². The molecular weight excluding hydrogens is 373 g/mol. The lowest BCUT2D eigenvalue weighted by Crippen LogP contribution is -2.47. The number of halogens is 1. The Bertz CT molecular complexity index is 1030. The number of aryl methyl sites for hydroxylation is 1. The number of pyridine rings is 2. The Morgan fingerprint density at radius 3 is 2.69 bits per heavy atom. The van der Waals surface area contributed by atoms with Crippen LogP contribution in [0.25, 0.3) is 5.52 Å². The number of piperidine rings is 1. The van der Waals surface area contributed by atoms with Gasteiger partial charge in [0.15, 0.2) is 5.82 Å². The summed E-state index contributed by atoms with van der Waals surface area (Å²) in [7, 11) is 2.09. The predicted molar refractivity (Wildman–Crippen MR) is 111 cm³/mol. The molecule has 0 bridgehead atoms. The first-order valence-corrected chi connectivity index (χ1v) is 10.4. The summed E-state index contributed by atoms with van der Waals surface area (Å²) in [6.07, 6.45) is 5.19. The summed E-state index contributed by atoms with van der Waals surface area (Å²) >= 11 is 0.